The van der Waals surface area contributed by atoms with E-state index in [9.17, 15) is 4.79 Å². The first-order valence-electron chi connectivity index (χ1n) is 7.34. The van der Waals surface area contributed by atoms with Gasteiger partial charge in [0.25, 0.3) is 5.56 Å². The van der Waals surface area contributed by atoms with Crippen molar-refractivity contribution < 1.29 is 0 Å². The SMILES string of the molecule is Cc1ccc(-c2nc3sc(=Cc4cccc(Br)c4)c(=O)n3n2)cc1. The van der Waals surface area contributed by atoms with Gasteiger partial charge in [-0.25, -0.2) is 0 Å². The van der Waals surface area contributed by atoms with Gasteiger partial charge in [-0.15, -0.1) is 5.10 Å². The van der Waals surface area contributed by atoms with Crippen LogP contribution in [-0.4, -0.2) is 14.6 Å². The Labute approximate surface area is 150 Å². The number of benzene rings is 2. The van der Waals surface area contributed by atoms with Gasteiger partial charge >= 0.3 is 0 Å². The molecule has 2 aromatic carbocycles. The fraction of sp³-hybridized carbons (Fsp3) is 0.0556. The molecule has 2 heterocycles. The standard InChI is InChI=1S/C18H12BrN3OS/c1-11-5-7-13(8-6-11)16-20-18-22(21-16)17(23)15(24-18)10-12-3-2-4-14(19)9-12/h2-10H,1H3. The van der Waals surface area contributed by atoms with Gasteiger partial charge in [0.1, 0.15) is 0 Å². The van der Waals surface area contributed by atoms with Crippen LogP contribution in [0.2, 0.25) is 0 Å². The topological polar surface area (TPSA) is 47.3 Å². The van der Waals surface area contributed by atoms with Crippen molar-refractivity contribution in [1.29, 1.82) is 0 Å². The van der Waals surface area contributed by atoms with Crippen molar-refractivity contribution >= 4 is 38.3 Å². The van der Waals surface area contributed by atoms with Gasteiger partial charge in [0, 0.05) is 10.0 Å². The third-order valence-electron chi connectivity index (χ3n) is 3.64. The van der Waals surface area contributed by atoms with Crippen molar-refractivity contribution in [1.82, 2.24) is 14.6 Å². The Balaban J connectivity index is 1.81. The Morgan fingerprint density at radius 1 is 1.17 bits per heavy atom. The van der Waals surface area contributed by atoms with Crippen LogP contribution in [-0.2, 0) is 0 Å². The fourth-order valence-corrected chi connectivity index (χ4v) is 3.73. The number of nitrogens with zero attached hydrogens (tertiary/aromatic N) is 3. The number of halogens is 1. The Morgan fingerprint density at radius 2 is 1.96 bits per heavy atom. The number of fused-ring (bicyclic) bond motifs is 1. The van der Waals surface area contributed by atoms with E-state index in [1.54, 1.807) is 0 Å². The maximum Gasteiger partial charge on any atom is 0.291 e. The summed E-state index contributed by atoms with van der Waals surface area (Å²) in [4.78, 5) is 17.6. The fourth-order valence-electron chi connectivity index (χ4n) is 2.41. The molecule has 118 valence electrons. The Kier molecular flexibility index (Phi) is 3.78. The van der Waals surface area contributed by atoms with Crippen molar-refractivity contribution in [2.24, 2.45) is 0 Å². The quantitative estimate of drug-likeness (QED) is 0.520. The molecule has 0 unspecified atom stereocenters. The number of aromatic nitrogens is 3. The van der Waals surface area contributed by atoms with Gasteiger partial charge in [0.15, 0.2) is 5.82 Å². The molecule has 4 aromatic rings. The van der Waals surface area contributed by atoms with E-state index in [2.05, 4.69) is 26.0 Å². The lowest BCUT2D eigenvalue weighted by Crippen LogP contribution is -2.23. The molecule has 0 bridgehead atoms. The third-order valence-corrected chi connectivity index (χ3v) is 5.09. The molecule has 0 N–H and O–H groups in total. The van der Waals surface area contributed by atoms with Crippen LogP contribution in [0.15, 0.2) is 57.8 Å². The minimum Gasteiger partial charge on any atom is -0.266 e. The highest BCUT2D eigenvalue weighted by molar-refractivity contribution is 9.10. The molecule has 0 radical (unpaired) electrons. The van der Waals surface area contributed by atoms with Crippen LogP contribution in [0.4, 0.5) is 0 Å². The van der Waals surface area contributed by atoms with E-state index in [1.165, 1.54) is 21.4 Å². The van der Waals surface area contributed by atoms with Crippen molar-refractivity contribution in [3.8, 4) is 11.4 Å². The van der Waals surface area contributed by atoms with Crippen LogP contribution in [0.1, 0.15) is 11.1 Å². The molecule has 0 aliphatic carbocycles. The van der Waals surface area contributed by atoms with Gasteiger partial charge in [-0.05, 0) is 30.7 Å². The van der Waals surface area contributed by atoms with Crippen molar-refractivity contribution in [3.63, 3.8) is 0 Å². The summed E-state index contributed by atoms with van der Waals surface area (Å²) in [6, 6.07) is 15.8. The minimum absolute atomic E-state index is 0.138. The summed E-state index contributed by atoms with van der Waals surface area (Å²) in [5.41, 5.74) is 2.91. The highest BCUT2D eigenvalue weighted by Gasteiger charge is 2.11. The second kappa shape index (κ2) is 5.96. The summed E-state index contributed by atoms with van der Waals surface area (Å²) in [7, 11) is 0. The van der Waals surface area contributed by atoms with Crippen LogP contribution in [0.25, 0.3) is 22.4 Å². The van der Waals surface area contributed by atoms with Gasteiger partial charge in [0.2, 0.25) is 4.96 Å². The lowest BCUT2D eigenvalue weighted by Gasteiger charge is -1.95. The average Bonchev–Trinajstić information content (AvgIpc) is 3.09. The van der Waals surface area contributed by atoms with Gasteiger partial charge in [-0.3, -0.25) is 4.79 Å². The molecular formula is C18H12BrN3OS. The zero-order valence-corrected chi connectivity index (χ0v) is 15.1. The Bertz CT molecular complexity index is 1150. The van der Waals surface area contributed by atoms with Crippen LogP contribution in [0.3, 0.4) is 0 Å². The highest BCUT2D eigenvalue weighted by Crippen LogP contribution is 2.17. The highest BCUT2D eigenvalue weighted by atomic mass is 79.9. The number of thiazole rings is 1. The van der Waals surface area contributed by atoms with E-state index in [0.29, 0.717) is 15.3 Å². The predicted octanol–water partition coefficient (Wildman–Crippen LogP) is 3.44. The maximum absolute atomic E-state index is 12.5. The van der Waals surface area contributed by atoms with E-state index in [4.69, 9.17) is 0 Å². The van der Waals surface area contributed by atoms with E-state index in [0.717, 1.165) is 15.6 Å². The zero-order chi connectivity index (χ0) is 16.7. The number of hydrogen-bond acceptors (Lipinski definition) is 4. The largest absolute Gasteiger partial charge is 0.291 e. The van der Waals surface area contributed by atoms with E-state index < -0.39 is 0 Å². The van der Waals surface area contributed by atoms with Crippen LogP contribution in [0.5, 0.6) is 0 Å². The monoisotopic (exact) mass is 397 g/mol. The summed E-state index contributed by atoms with van der Waals surface area (Å²) in [5.74, 6) is 0.576. The van der Waals surface area contributed by atoms with E-state index >= 15 is 0 Å². The molecule has 0 atom stereocenters. The number of rotatable bonds is 2. The van der Waals surface area contributed by atoms with Crippen molar-refractivity contribution in [3.05, 3.63) is 79.0 Å². The molecule has 0 fully saturated rings. The molecule has 4 rings (SSSR count). The van der Waals surface area contributed by atoms with Gasteiger partial charge in [0.05, 0.1) is 4.53 Å². The van der Waals surface area contributed by atoms with Gasteiger partial charge < -0.3 is 0 Å². The molecule has 0 saturated carbocycles. The molecule has 0 spiro atoms. The maximum atomic E-state index is 12.5. The van der Waals surface area contributed by atoms with Gasteiger partial charge in [-0.1, -0.05) is 69.2 Å². The van der Waals surface area contributed by atoms with Crippen LogP contribution >= 0.6 is 27.3 Å². The number of hydrogen-bond donors (Lipinski definition) is 0. The Morgan fingerprint density at radius 3 is 2.67 bits per heavy atom. The molecule has 6 heteroatoms. The molecule has 0 amide bonds. The molecule has 0 saturated heterocycles. The third kappa shape index (κ3) is 2.79. The first-order chi connectivity index (χ1) is 11.6. The second-order valence-electron chi connectivity index (χ2n) is 5.47. The summed E-state index contributed by atoms with van der Waals surface area (Å²) in [6.07, 6.45) is 1.86. The summed E-state index contributed by atoms with van der Waals surface area (Å²) in [6.45, 7) is 2.03. The predicted molar refractivity (Wildman–Crippen MR) is 100 cm³/mol. The number of aryl methyl sites for hydroxylation is 1. The van der Waals surface area contributed by atoms with Gasteiger partial charge in [-0.2, -0.15) is 9.50 Å². The summed E-state index contributed by atoms with van der Waals surface area (Å²) < 4.78 is 2.98. The lowest BCUT2D eigenvalue weighted by molar-refractivity contribution is 0.937. The van der Waals surface area contributed by atoms with Crippen LogP contribution < -0.4 is 10.1 Å². The van der Waals surface area contributed by atoms with E-state index in [-0.39, 0.29) is 5.56 Å². The first kappa shape index (κ1) is 15.2. The summed E-state index contributed by atoms with van der Waals surface area (Å²) >= 11 is 4.79. The molecule has 2 aromatic heterocycles. The minimum atomic E-state index is -0.138. The second-order valence-corrected chi connectivity index (χ2v) is 7.39. The van der Waals surface area contributed by atoms with E-state index in [1.807, 2.05) is 61.5 Å². The normalized spacial score (nSPS) is 12.2. The smallest absolute Gasteiger partial charge is 0.266 e. The Hall–Kier alpha value is -2.31. The summed E-state index contributed by atoms with van der Waals surface area (Å²) in [5, 5.41) is 4.37. The molecule has 0 aliphatic heterocycles. The van der Waals surface area contributed by atoms with Crippen LogP contribution in [0, 0.1) is 6.92 Å². The molecule has 24 heavy (non-hydrogen) atoms. The molecular weight excluding hydrogens is 386 g/mol. The average molecular weight is 398 g/mol. The molecule has 0 aliphatic rings. The lowest BCUT2D eigenvalue weighted by atomic mass is 10.1. The first-order valence-corrected chi connectivity index (χ1v) is 8.95. The van der Waals surface area contributed by atoms with Crippen molar-refractivity contribution in [2.75, 3.05) is 0 Å². The molecule has 4 nitrogen and oxygen atoms in total. The van der Waals surface area contributed by atoms with Crippen molar-refractivity contribution in [2.45, 2.75) is 6.92 Å². The zero-order valence-electron chi connectivity index (χ0n) is 12.7.